The van der Waals surface area contributed by atoms with Gasteiger partial charge in [-0.15, -0.1) is 5.10 Å². The minimum atomic E-state index is 0.548. The molecule has 3 aromatic rings. The van der Waals surface area contributed by atoms with Gasteiger partial charge in [0.05, 0.1) is 18.2 Å². The molecule has 0 saturated carbocycles. The molecule has 0 saturated heterocycles. The fourth-order valence-electron chi connectivity index (χ4n) is 2.70. The van der Waals surface area contributed by atoms with Crippen molar-refractivity contribution in [3.05, 3.63) is 41.9 Å². The van der Waals surface area contributed by atoms with Crippen LogP contribution < -0.4 is 5.32 Å². The first-order valence-electron chi connectivity index (χ1n) is 7.77. The maximum Gasteiger partial charge on any atom is 0.184 e. The summed E-state index contributed by atoms with van der Waals surface area (Å²) in [6, 6.07) is 4.09. The molecule has 0 fully saturated rings. The van der Waals surface area contributed by atoms with E-state index in [1.165, 1.54) is 6.26 Å². The van der Waals surface area contributed by atoms with Gasteiger partial charge in [0.25, 0.3) is 0 Å². The molecule has 0 aliphatic heterocycles. The van der Waals surface area contributed by atoms with Crippen LogP contribution in [0.5, 0.6) is 0 Å². The van der Waals surface area contributed by atoms with Gasteiger partial charge in [0, 0.05) is 17.5 Å². The fraction of sp³-hybridized carbons (Fsp3) is 0.353. The lowest BCUT2D eigenvalue weighted by Gasteiger charge is -2.09. The number of pyridine rings is 1. The predicted octanol–water partition coefficient (Wildman–Crippen LogP) is 3.03. The number of rotatable bonds is 6. The molecule has 23 heavy (non-hydrogen) atoms. The highest BCUT2D eigenvalue weighted by Crippen LogP contribution is 2.24. The summed E-state index contributed by atoms with van der Waals surface area (Å²) < 4.78 is 6.99. The van der Waals surface area contributed by atoms with Crippen molar-refractivity contribution < 1.29 is 4.74 Å². The molecule has 0 aromatic carbocycles. The standard InChI is InChI=1S/C17H21N5O/c1-5-13-10-14(18-7-8-23-6-2)22-17(20-13)15-11(3)9-12(4)19-16(15)21-22/h6,9-10,18H,2,5,7-8H2,1,3-4H3. The number of fused-ring (bicyclic) bond motifs is 3. The van der Waals surface area contributed by atoms with E-state index in [0.29, 0.717) is 13.2 Å². The summed E-state index contributed by atoms with van der Waals surface area (Å²) in [5, 5.41) is 8.99. The molecule has 0 bridgehead atoms. The average molecular weight is 311 g/mol. The summed E-state index contributed by atoms with van der Waals surface area (Å²) >= 11 is 0. The molecule has 0 aliphatic carbocycles. The van der Waals surface area contributed by atoms with E-state index >= 15 is 0 Å². The van der Waals surface area contributed by atoms with E-state index in [1.54, 1.807) is 0 Å². The van der Waals surface area contributed by atoms with Crippen molar-refractivity contribution in [2.45, 2.75) is 27.2 Å². The zero-order chi connectivity index (χ0) is 16.4. The predicted molar refractivity (Wildman–Crippen MR) is 91.8 cm³/mol. The van der Waals surface area contributed by atoms with E-state index in [-0.39, 0.29) is 0 Å². The van der Waals surface area contributed by atoms with Crippen LogP contribution in [0, 0.1) is 13.8 Å². The van der Waals surface area contributed by atoms with Crippen molar-refractivity contribution in [1.29, 1.82) is 0 Å². The molecule has 0 spiro atoms. The van der Waals surface area contributed by atoms with Gasteiger partial charge in [-0.2, -0.15) is 4.52 Å². The van der Waals surface area contributed by atoms with Gasteiger partial charge in [-0.25, -0.2) is 9.97 Å². The first kappa shape index (κ1) is 15.3. The first-order chi connectivity index (χ1) is 11.1. The molecule has 1 N–H and O–H groups in total. The second kappa shape index (κ2) is 6.24. The Morgan fingerprint density at radius 1 is 1.30 bits per heavy atom. The zero-order valence-electron chi connectivity index (χ0n) is 13.8. The monoisotopic (exact) mass is 311 g/mol. The Bertz CT molecular complexity index is 868. The summed E-state index contributed by atoms with van der Waals surface area (Å²) in [5.74, 6) is 0.898. The maximum atomic E-state index is 5.16. The molecular formula is C17H21N5O. The molecular weight excluding hydrogens is 290 g/mol. The average Bonchev–Trinajstić information content (AvgIpc) is 2.89. The summed E-state index contributed by atoms with van der Waals surface area (Å²) in [5.41, 5.74) is 4.70. The lowest BCUT2D eigenvalue weighted by atomic mass is 10.2. The number of aryl methyl sites for hydroxylation is 3. The third-order valence-corrected chi connectivity index (χ3v) is 3.73. The second-order valence-corrected chi connectivity index (χ2v) is 5.47. The number of aromatic nitrogens is 4. The molecule has 0 radical (unpaired) electrons. The number of nitrogens with one attached hydrogen (secondary N) is 1. The third kappa shape index (κ3) is 2.84. The van der Waals surface area contributed by atoms with Crippen LogP contribution in [0.15, 0.2) is 25.0 Å². The molecule has 0 atom stereocenters. The Morgan fingerprint density at radius 3 is 2.87 bits per heavy atom. The largest absolute Gasteiger partial charge is 0.500 e. The van der Waals surface area contributed by atoms with Gasteiger partial charge >= 0.3 is 0 Å². The lowest BCUT2D eigenvalue weighted by Crippen LogP contribution is -2.12. The second-order valence-electron chi connectivity index (χ2n) is 5.47. The van der Waals surface area contributed by atoms with Crippen molar-refractivity contribution in [1.82, 2.24) is 19.6 Å². The number of nitrogens with zero attached hydrogens (tertiary/aromatic N) is 4. The third-order valence-electron chi connectivity index (χ3n) is 3.73. The van der Waals surface area contributed by atoms with Gasteiger partial charge in [0.1, 0.15) is 12.4 Å². The van der Waals surface area contributed by atoms with Crippen molar-refractivity contribution in [3.8, 4) is 0 Å². The van der Waals surface area contributed by atoms with Crippen molar-refractivity contribution >= 4 is 22.5 Å². The number of hydrogen-bond acceptors (Lipinski definition) is 5. The Balaban J connectivity index is 2.15. The van der Waals surface area contributed by atoms with Crippen LogP contribution in [0.2, 0.25) is 0 Å². The van der Waals surface area contributed by atoms with Crippen LogP contribution >= 0.6 is 0 Å². The van der Waals surface area contributed by atoms with Crippen LogP contribution in [-0.4, -0.2) is 32.7 Å². The van der Waals surface area contributed by atoms with Crippen molar-refractivity contribution in [2.24, 2.45) is 0 Å². The normalized spacial score (nSPS) is 11.1. The Morgan fingerprint density at radius 2 is 2.13 bits per heavy atom. The molecule has 0 aliphatic rings. The maximum absolute atomic E-state index is 5.16. The van der Waals surface area contributed by atoms with Gasteiger partial charge in [0.2, 0.25) is 0 Å². The minimum absolute atomic E-state index is 0.548. The quantitative estimate of drug-likeness (QED) is 0.560. The van der Waals surface area contributed by atoms with Crippen molar-refractivity contribution in [2.75, 3.05) is 18.5 Å². The number of ether oxygens (including phenoxy) is 1. The topological polar surface area (TPSA) is 64.3 Å². The van der Waals surface area contributed by atoms with Gasteiger partial charge in [-0.3, -0.25) is 0 Å². The molecule has 3 heterocycles. The van der Waals surface area contributed by atoms with E-state index < -0.39 is 0 Å². The van der Waals surface area contributed by atoms with Gasteiger partial charge in [0.15, 0.2) is 11.3 Å². The Hall–Kier alpha value is -2.63. The molecule has 6 heteroatoms. The van der Waals surface area contributed by atoms with E-state index in [2.05, 4.69) is 41.9 Å². The van der Waals surface area contributed by atoms with E-state index in [4.69, 9.17) is 9.72 Å². The highest BCUT2D eigenvalue weighted by atomic mass is 16.5. The van der Waals surface area contributed by atoms with Gasteiger partial charge in [-0.1, -0.05) is 13.5 Å². The van der Waals surface area contributed by atoms with E-state index in [1.807, 2.05) is 17.5 Å². The SMILES string of the molecule is C=COCCNc1cc(CC)nc2c3c(C)cc(C)nc3nn12. The minimum Gasteiger partial charge on any atom is -0.500 e. The highest BCUT2D eigenvalue weighted by Gasteiger charge is 2.14. The van der Waals surface area contributed by atoms with Crippen LogP contribution in [0.1, 0.15) is 23.9 Å². The lowest BCUT2D eigenvalue weighted by molar-refractivity contribution is 0.264. The smallest absolute Gasteiger partial charge is 0.184 e. The van der Waals surface area contributed by atoms with Crippen molar-refractivity contribution in [3.63, 3.8) is 0 Å². The molecule has 120 valence electrons. The summed E-state index contributed by atoms with van der Waals surface area (Å²) in [6.45, 7) is 10.9. The molecule has 3 aromatic heterocycles. The summed E-state index contributed by atoms with van der Waals surface area (Å²) in [6.07, 6.45) is 2.30. The molecule has 3 rings (SSSR count). The highest BCUT2D eigenvalue weighted by molar-refractivity contribution is 5.93. The zero-order valence-corrected chi connectivity index (χ0v) is 13.8. The van der Waals surface area contributed by atoms with E-state index in [9.17, 15) is 0 Å². The van der Waals surface area contributed by atoms with Crippen LogP contribution in [-0.2, 0) is 11.2 Å². The molecule has 6 nitrogen and oxygen atoms in total. The Kier molecular flexibility index (Phi) is 4.14. The number of anilines is 1. The fourth-order valence-corrected chi connectivity index (χ4v) is 2.70. The van der Waals surface area contributed by atoms with Gasteiger partial charge in [-0.05, 0) is 31.9 Å². The molecule has 0 amide bonds. The summed E-state index contributed by atoms with van der Waals surface area (Å²) in [7, 11) is 0. The Labute approximate surface area is 135 Å². The van der Waals surface area contributed by atoms with E-state index in [0.717, 1.165) is 45.9 Å². The van der Waals surface area contributed by atoms with Gasteiger partial charge < -0.3 is 10.1 Å². The first-order valence-corrected chi connectivity index (χ1v) is 7.77. The van der Waals surface area contributed by atoms with Crippen LogP contribution in [0.4, 0.5) is 5.82 Å². The van der Waals surface area contributed by atoms with Crippen LogP contribution in [0.25, 0.3) is 16.7 Å². The molecule has 0 unspecified atom stereocenters. The summed E-state index contributed by atoms with van der Waals surface area (Å²) in [4.78, 5) is 9.29. The number of hydrogen-bond donors (Lipinski definition) is 1. The van der Waals surface area contributed by atoms with Crippen LogP contribution in [0.3, 0.4) is 0 Å².